The van der Waals surface area contributed by atoms with Crippen LogP contribution in [0.5, 0.6) is 5.75 Å². The highest BCUT2D eigenvalue weighted by molar-refractivity contribution is 6.04. The summed E-state index contributed by atoms with van der Waals surface area (Å²) < 4.78 is 18.9. The number of anilines is 1. The molecule has 0 saturated heterocycles. The molecule has 1 heterocycles. The second-order valence-corrected chi connectivity index (χ2v) is 8.46. The van der Waals surface area contributed by atoms with Crippen molar-refractivity contribution in [3.05, 3.63) is 59.4 Å². The molecule has 158 valence electrons. The van der Waals surface area contributed by atoms with Crippen LogP contribution in [0.2, 0.25) is 0 Å². The second kappa shape index (κ2) is 8.86. The lowest BCUT2D eigenvalue weighted by Crippen LogP contribution is -2.43. The van der Waals surface area contributed by atoms with Crippen LogP contribution in [0, 0.1) is 17.7 Å². The summed E-state index contributed by atoms with van der Waals surface area (Å²) in [6, 6.07) is 11.1. The Morgan fingerprint density at radius 3 is 2.50 bits per heavy atom. The molecule has 2 aromatic carbocycles. The highest BCUT2D eigenvalue weighted by Gasteiger charge is 2.29. The molecule has 0 aromatic heterocycles. The molecule has 1 atom stereocenters. The Balaban J connectivity index is 1.38. The standard InChI is InChI=1S/C24H27FN2O3/c1-15-2-8-20(9-3-15)26-24(29)18-12-17-13-21(10-11-22(17)30-14-18)27-23(28)16-4-6-19(25)7-5-16/h4-7,10-11,13,15,18,20H,2-3,8-9,12,14H2,1H3,(H,26,29)(H,27,28). The van der Waals surface area contributed by atoms with E-state index in [0.29, 0.717) is 24.3 Å². The summed E-state index contributed by atoms with van der Waals surface area (Å²) in [4.78, 5) is 25.1. The zero-order chi connectivity index (χ0) is 21.1. The number of amides is 2. The Morgan fingerprint density at radius 2 is 1.77 bits per heavy atom. The maximum Gasteiger partial charge on any atom is 0.255 e. The Bertz CT molecular complexity index is 921. The molecule has 30 heavy (non-hydrogen) atoms. The summed E-state index contributed by atoms with van der Waals surface area (Å²) >= 11 is 0. The maximum absolute atomic E-state index is 13.1. The van der Waals surface area contributed by atoms with Crippen LogP contribution >= 0.6 is 0 Å². The number of carbonyl (C=O) groups excluding carboxylic acids is 2. The van der Waals surface area contributed by atoms with Crippen molar-refractivity contribution in [2.45, 2.75) is 45.1 Å². The van der Waals surface area contributed by atoms with Crippen molar-refractivity contribution in [3.8, 4) is 5.75 Å². The smallest absolute Gasteiger partial charge is 0.255 e. The van der Waals surface area contributed by atoms with Gasteiger partial charge in [-0.3, -0.25) is 9.59 Å². The van der Waals surface area contributed by atoms with Crippen molar-refractivity contribution in [3.63, 3.8) is 0 Å². The van der Waals surface area contributed by atoms with Gasteiger partial charge in [-0.2, -0.15) is 0 Å². The number of benzene rings is 2. The van der Waals surface area contributed by atoms with E-state index in [1.807, 2.05) is 12.1 Å². The third-order valence-corrected chi connectivity index (χ3v) is 6.06. The molecule has 2 N–H and O–H groups in total. The van der Waals surface area contributed by atoms with Gasteiger partial charge in [0.1, 0.15) is 18.2 Å². The van der Waals surface area contributed by atoms with E-state index in [0.717, 1.165) is 42.9 Å². The molecule has 1 unspecified atom stereocenters. The molecule has 0 spiro atoms. The maximum atomic E-state index is 13.1. The van der Waals surface area contributed by atoms with E-state index >= 15 is 0 Å². The van der Waals surface area contributed by atoms with E-state index in [1.54, 1.807) is 6.07 Å². The minimum absolute atomic E-state index is 0.0425. The predicted octanol–water partition coefficient (Wildman–Crippen LogP) is 4.32. The number of fused-ring (bicyclic) bond motifs is 1. The SMILES string of the molecule is CC1CCC(NC(=O)C2COc3ccc(NC(=O)c4ccc(F)cc4)cc3C2)CC1. The van der Waals surface area contributed by atoms with Crippen molar-refractivity contribution in [1.29, 1.82) is 0 Å². The highest BCUT2D eigenvalue weighted by atomic mass is 19.1. The van der Waals surface area contributed by atoms with Crippen LogP contribution in [0.25, 0.3) is 0 Å². The molecule has 1 aliphatic carbocycles. The van der Waals surface area contributed by atoms with Gasteiger partial charge in [0.2, 0.25) is 5.91 Å². The molecule has 2 amide bonds. The van der Waals surface area contributed by atoms with Crippen LogP contribution in [0.3, 0.4) is 0 Å². The average molecular weight is 410 g/mol. The topological polar surface area (TPSA) is 67.4 Å². The fourth-order valence-corrected chi connectivity index (χ4v) is 4.17. The number of nitrogens with one attached hydrogen (secondary N) is 2. The normalized spacial score (nSPS) is 23.1. The first-order valence-corrected chi connectivity index (χ1v) is 10.6. The van der Waals surface area contributed by atoms with Crippen molar-refractivity contribution >= 4 is 17.5 Å². The van der Waals surface area contributed by atoms with Crippen molar-refractivity contribution in [2.75, 3.05) is 11.9 Å². The van der Waals surface area contributed by atoms with E-state index in [9.17, 15) is 14.0 Å². The average Bonchev–Trinajstić information content (AvgIpc) is 2.75. The molecular formula is C24H27FN2O3. The van der Waals surface area contributed by atoms with Crippen LogP contribution in [0.1, 0.15) is 48.5 Å². The number of hydrogen-bond acceptors (Lipinski definition) is 3. The Kier molecular flexibility index (Phi) is 6.02. The van der Waals surface area contributed by atoms with Gasteiger partial charge in [-0.05, 0) is 86.1 Å². The lowest BCUT2D eigenvalue weighted by Gasteiger charge is -2.30. The number of carbonyl (C=O) groups is 2. The Labute approximate surface area is 176 Å². The summed E-state index contributed by atoms with van der Waals surface area (Å²) in [5.41, 5.74) is 1.90. The van der Waals surface area contributed by atoms with Crippen molar-refractivity contribution < 1.29 is 18.7 Å². The molecule has 5 nitrogen and oxygen atoms in total. The Morgan fingerprint density at radius 1 is 1.03 bits per heavy atom. The van der Waals surface area contributed by atoms with E-state index in [-0.39, 0.29) is 29.6 Å². The predicted molar refractivity (Wildman–Crippen MR) is 113 cm³/mol. The van der Waals surface area contributed by atoms with Gasteiger partial charge in [-0.1, -0.05) is 6.92 Å². The largest absolute Gasteiger partial charge is 0.492 e. The molecule has 0 bridgehead atoms. The molecule has 0 radical (unpaired) electrons. The molecular weight excluding hydrogens is 383 g/mol. The van der Waals surface area contributed by atoms with Gasteiger partial charge in [0, 0.05) is 17.3 Å². The van der Waals surface area contributed by atoms with Gasteiger partial charge >= 0.3 is 0 Å². The Hall–Kier alpha value is -2.89. The third-order valence-electron chi connectivity index (χ3n) is 6.06. The summed E-state index contributed by atoms with van der Waals surface area (Å²) in [6.45, 7) is 2.62. The van der Waals surface area contributed by atoms with Gasteiger partial charge in [-0.15, -0.1) is 0 Å². The third kappa shape index (κ3) is 4.81. The number of ether oxygens (including phenoxy) is 1. The van der Waals surface area contributed by atoms with Crippen molar-refractivity contribution in [2.24, 2.45) is 11.8 Å². The van der Waals surface area contributed by atoms with E-state index in [2.05, 4.69) is 17.6 Å². The van der Waals surface area contributed by atoms with Crippen LogP contribution < -0.4 is 15.4 Å². The molecule has 2 aromatic rings. The summed E-state index contributed by atoms with van der Waals surface area (Å²) in [7, 11) is 0. The summed E-state index contributed by atoms with van der Waals surface area (Å²) in [6.07, 6.45) is 4.97. The fraction of sp³-hybridized carbons (Fsp3) is 0.417. The number of hydrogen-bond donors (Lipinski definition) is 2. The highest BCUT2D eigenvalue weighted by Crippen LogP contribution is 2.31. The minimum atomic E-state index is -0.385. The molecule has 1 fully saturated rings. The lowest BCUT2D eigenvalue weighted by molar-refractivity contribution is -0.127. The summed E-state index contributed by atoms with van der Waals surface area (Å²) in [5, 5.41) is 6.02. The fourth-order valence-electron chi connectivity index (χ4n) is 4.17. The zero-order valence-corrected chi connectivity index (χ0v) is 17.1. The van der Waals surface area contributed by atoms with Gasteiger partial charge in [0.15, 0.2) is 0 Å². The van der Waals surface area contributed by atoms with Gasteiger partial charge in [0.05, 0.1) is 5.92 Å². The van der Waals surface area contributed by atoms with Crippen LogP contribution in [-0.4, -0.2) is 24.5 Å². The zero-order valence-electron chi connectivity index (χ0n) is 17.1. The number of rotatable bonds is 4. The van der Waals surface area contributed by atoms with Crippen molar-refractivity contribution in [1.82, 2.24) is 5.32 Å². The van der Waals surface area contributed by atoms with Gasteiger partial charge < -0.3 is 15.4 Å². The van der Waals surface area contributed by atoms with E-state index in [4.69, 9.17) is 4.74 Å². The quantitative estimate of drug-likeness (QED) is 0.789. The van der Waals surface area contributed by atoms with E-state index < -0.39 is 0 Å². The monoisotopic (exact) mass is 410 g/mol. The van der Waals surface area contributed by atoms with Crippen LogP contribution in [-0.2, 0) is 11.2 Å². The lowest BCUT2D eigenvalue weighted by atomic mass is 9.87. The molecule has 6 heteroatoms. The van der Waals surface area contributed by atoms with Crippen LogP contribution in [0.15, 0.2) is 42.5 Å². The first kappa shape index (κ1) is 20.4. The number of halogens is 1. The van der Waals surface area contributed by atoms with Crippen LogP contribution in [0.4, 0.5) is 10.1 Å². The first-order chi connectivity index (χ1) is 14.5. The molecule has 1 aliphatic heterocycles. The summed E-state index contributed by atoms with van der Waals surface area (Å²) in [5.74, 6) is 0.592. The van der Waals surface area contributed by atoms with Gasteiger partial charge in [-0.25, -0.2) is 4.39 Å². The second-order valence-electron chi connectivity index (χ2n) is 8.46. The van der Waals surface area contributed by atoms with E-state index in [1.165, 1.54) is 24.3 Å². The minimum Gasteiger partial charge on any atom is -0.492 e. The first-order valence-electron chi connectivity index (χ1n) is 10.6. The molecule has 1 saturated carbocycles. The molecule has 4 rings (SSSR count). The molecule has 2 aliphatic rings. The van der Waals surface area contributed by atoms with Gasteiger partial charge in [0.25, 0.3) is 5.91 Å².